The summed E-state index contributed by atoms with van der Waals surface area (Å²) in [6.45, 7) is 0. The number of halogens is 2. The summed E-state index contributed by atoms with van der Waals surface area (Å²) in [4.78, 5) is 4.23. The number of hydrogen-bond acceptors (Lipinski definition) is 3. The lowest BCUT2D eigenvalue weighted by molar-refractivity contribution is -0.0386. The number of anilines is 1. The maximum absolute atomic E-state index is 13.1. The molecular formula is C12H16F2N2O. The van der Waals surface area contributed by atoms with E-state index in [4.69, 9.17) is 10.5 Å². The van der Waals surface area contributed by atoms with E-state index >= 15 is 0 Å². The van der Waals surface area contributed by atoms with Gasteiger partial charge in [-0.1, -0.05) is 0 Å². The topological polar surface area (TPSA) is 48.1 Å². The van der Waals surface area contributed by atoms with Crippen LogP contribution >= 0.6 is 0 Å². The van der Waals surface area contributed by atoms with E-state index in [1.807, 2.05) is 0 Å². The van der Waals surface area contributed by atoms with Gasteiger partial charge in [0.15, 0.2) is 0 Å². The molecule has 5 heteroatoms. The van der Waals surface area contributed by atoms with Gasteiger partial charge in [-0.15, -0.1) is 0 Å². The fourth-order valence-corrected chi connectivity index (χ4v) is 2.25. The third-order valence-corrected chi connectivity index (χ3v) is 3.23. The molecule has 2 rings (SSSR count). The number of ether oxygens (including phenoxy) is 1. The quantitative estimate of drug-likeness (QED) is 0.867. The molecule has 1 heterocycles. The van der Waals surface area contributed by atoms with Gasteiger partial charge in [0, 0.05) is 24.8 Å². The number of nitrogen functional groups attached to an aromatic ring is 1. The first kappa shape index (κ1) is 12.1. The summed E-state index contributed by atoms with van der Waals surface area (Å²) >= 11 is 0. The standard InChI is InChI=1S/C12H16F2N2O/c1-17-10-6-9(15)7-16-11(10)8-2-4-12(13,14)5-3-8/h6-8H,2-5,15H2,1H3. The molecule has 1 aliphatic rings. The van der Waals surface area contributed by atoms with E-state index in [1.54, 1.807) is 12.3 Å². The molecule has 0 aliphatic heterocycles. The second kappa shape index (κ2) is 4.47. The van der Waals surface area contributed by atoms with E-state index in [9.17, 15) is 8.78 Å². The number of pyridine rings is 1. The van der Waals surface area contributed by atoms with Crippen LogP contribution in [-0.4, -0.2) is 18.0 Å². The molecule has 0 saturated heterocycles. The van der Waals surface area contributed by atoms with Crippen LogP contribution in [0.15, 0.2) is 12.3 Å². The Morgan fingerprint density at radius 1 is 1.41 bits per heavy atom. The van der Waals surface area contributed by atoms with E-state index in [2.05, 4.69) is 4.98 Å². The molecule has 0 spiro atoms. The molecule has 1 aliphatic carbocycles. The maximum Gasteiger partial charge on any atom is 0.248 e. The SMILES string of the molecule is COc1cc(N)cnc1C1CCC(F)(F)CC1. The molecule has 94 valence electrons. The molecule has 3 nitrogen and oxygen atoms in total. The van der Waals surface area contributed by atoms with Crippen LogP contribution < -0.4 is 10.5 Å². The summed E-state index contributed by atoms with van der Waals surface area (Å²) in [5.41, 5.74) is 6.88. The van der Waals surface area contributed by atoms with Crippen LogP contribution in [0, 0.1) is 0 Å². The van der Waals surface area contributed by atoms with Gasteiger partial charge >= 0.3 is 0 Å². The second-order valence-corrected chi connectivity index (χ2v) is 4.49. The number of hydrogen-bond donors (Lipinski definition) is 1. The molecule has 0 atom stereocenters. The van der Waals surface area contributed by atoms with E-state index < -0.39 is 5.92 Å². The Hall–Kier alpha value is -1.39. The Labute approximate surface area is 99.0 Å². The van der Waals surface area contributed by atoms with Crippen LogP contribution in [0.25, 0.3) is 0 Å². The molecule has 0 radical (unpaired) electrons. The first-order valence-electron chi connectivity index (χ1n) is 5.69. The number of nitrogens with zero attached hydrogens (tertiary/aromatic N) is 1. The second-order valence-electron chi connectivity index (χ2n) is 4.49. The first-order chi connectivity index (χ1) is 8.02. The zero-order valence-electron chi connectivity index (χ0n) is 9.75. The van der Waals surface area contributed by atoms with Crippen molar-refractivity contribution in [1.82, 2.24) is 4.98 Å². The van der Waals surface area contributed by atoms with E-state index in [0.717, 1.165) is 5.69 Å². The lowest BCUT2D eigenvalue weighted by Gasteiger charge is -2.28. The van der Waals surface area contributed by atoms with Gasteiger partial charge in [-0.05, 0) is 12.8 Å². The van der Waals surface area contributed by atoms with Crippen LogP contribution in [0.5, 0.6) is 5.75 Å². The minimum Gasteiger partial charge on any atom is -0.495 e. The van der Waals surface area contributed by atoms with Crippen molar-refractivity contribution >= 4 is 5.69 Å². The monoisotopic (exact) mass is 242 g/mol. The van der Waals surface area contributed by atoms with Crippen molar-refractivity contribution in [2.45, 2.75) is 37.5 Å². The number of methoxy groups -OCH3 is 1. The lowest BCUT2D eigenvalue weighted by atomic mass is 9.84. The Balaban J connectivity index is 2.18. The normalized spacial score (nSPS) is 20.2. The minimum absolute atomic E-state index is 0.0465. The average Bonchev–Trinajstić information content (AvgIpc) is 2.29. The van der Waals surface area contributed by atoms with E-state index in [0.29, 0.717) is 24.3 Å². The third-order valence-electron chi connectivity index (χ3n) is 3.23. The Morgan fingerprint density at radius 2 is 2.06 bits per heavy atom. The van der Waals surface area contributed by atoms with Crippen molar-refractivity contribution in [2.75, 3.05) is 12.8 Å². The molecule has 17 heavy (non-hydrogen) atoms. The molecule has 0 amide bonds. The minimum atomic E-state index is -2.52. The molecule has 2 N–H and O–H groups in total. The fourth-order valence-electron chi connectivity index (χ4n) is 2.25. The number of aromatic nitrogens is 1. The van der Waals surface area contributed by atoms with E-state index in [-0.39, 0.29) is 18.8 Å². The van der Waals surface area contributed by atoms with Gasteiger partial charge in [-0.3, -0.25) is 4.98 Å². The van der Waals surface area contributed by atoms with Gasteiger partial charge in [0.2, 0.25) is 5.92 Å². The third kappa shape index (κ3) is 2.65. The highest BCUT2D eigenvalue weighted by atomic mass is 19.3. The van der Waals surface area contributed by atoms with Crippen molar-refractivity contribution in [3.8, 4) is 5.75 Å². The zero-order chi connectivity index (χ0) is 12.5. The Kier molecular flexibility index (Phi) is 3.17. The number of nitrogens with two attached hydrogens (primary N) is 1. The molecule has 0 aromatic carbocycles. The van der Waals surface area contributed by atoms with Crippen molar-refractivity contribution in [3.05, 3.63) is 18.0 Å². The highest BCUT2D eigenvalue weighted by Crippen LogP contribution is 2.42. The molecule has 0 bridgehead atoms. The van der Waals surface area contributed by atoms with Crippen LogP contribution in [0.3, 0.4) is 0 Å². The highest BCUT2D eigenvalue weighted by Gasteiger charge is 2.36. The number of rotatable bonds is 2. The summed E-state index contributed by atoms with van der Waals surface area (Å²) in [7, 11) is 1.54. The average molecular weight is 242 g/mol. The summed E-state index contributed by atoms with van der Waals surface area (Å²) in [5.74, 6) is -1.87. The summed E-state index contributed by atoms with van der Waals surface area (Å²) in [6, 6.07) is 1.69. The molecular weight excluding hydrogens is 226 g/mol. The predicted octanol–water partition coefficient (Wildman–Crippen LogP) is 2.97. The summed E-state index contributed by atoms with van der Waals surface area (Å²) in [6.07, 6.45) is 2.28. The van der Waals surface area contributed by atoms with E-state index in [1.165, 1.54) is 7.11 Å². The van der Waals surface area contributed by atoms with Gasteiger partial charge in [-0.2, -0.15) is 0 Å². The summed E-state index contributed by atoms with van der Waals surface area (Å²) in [5, 5.41) is 0. The maximum atomic E-state index is 13.1. The fraction of sp³-hybridized carbons (Fsp3) is 0.583. The van der Waals surface area contributed by atoms with Crippen LogP contribution in [-0.2, 0) is 0 Å². The van der Waals surface area contributed by atoms with Gasteiger partial charge in [0.05, 0.1) is 24.7 Å². The van der Waals surface area contributed by atoms with Gasteiger partial charge in [0.1, 0.15) is 5.75 Å². The molecule has 0 unspecified atom stereocenters. The molecule has 1 fully saturated rings. The first-order valence-corrected chi connectivity index (χ1v) is 5.69. The molecule has 1 aromatic heterocycles. The summed E-state index contributed by atoms with van der Waals surface area (Å²) < 4.78 is 31.3. The van der Waals surface area contributed by atoms with Crippen LogP contribution in [0.4, 0.5) is 14.5 Å². The Bertz CT molecular complexity index is 399. The number of alkyl halides is 2. The largest absolute Gasteiger partial charge is 0.495 e. The van der Waals surface area contributed by atoms with Crippen LogP contribution in [0.2, 0.25) is 0 Å². The predicted molar refractivity (Wildman–Crippen MR) is 61.4 cm³/mol. The molecule has 1 saturated carbocycles. The van der Waals surface area contributed by atoms with Gasteiger partial charge in [-0.25, -0.2) is 8.78 Å². The lowest BCUT2D eigenvalue weighted by Crippen LogP contribution is -2.24. The van der Waals surface area contributed by atoms with Gasteiger partial charge < -0.3 is 10.5 Å². The van der Waals surface area contributed by atoms with Crippen molar-refractivity contribution in [2.24, 2.45) is 0 Å². The van der Waals surface area contributed by atoms with Crippen molar-refractivity contribution in [1.29, 1.82) is 0 Å². The molecule has 1 aromatic rings. The zero-order valence-corrected chi connectivity index (χ0v) is 9.75. The smallest absolute Gasteiger partial charge is 0.248 e. The van der Waals surface area contributed by atoms with Crippen LogP contribution in [0.1, 0.15) is 37.3 Å². The van der Waals surface area contributed by atoms with Gasteiger partial charge in [0.25, 0.3) is 0 Å². The highest BCUT2D eigenvalue weighted by molar-refractivity contribution is 5.45. The van der Waals surface area contributed by atoms with Crippen molar-refractivity contribution in [3.63, 3.8) is 0 Å². The Morgan fingerprint density at radius 3 is 2.65 bits per heavy atom. The van der Waals surface area contributed by atoms with Crippen molar-refractivity contribution < 1.29 is 13.5 Å².